The smallest absolute Gasteiger partial charge is 0.143 e. The molecule has 1 heterocycles. The van der Waals surface area contributed by atoms with Gasteiger partial charge in [-0.15, -0.1) is 0 Å². The Morgan fingerprint density at radius 3 is 1.77 bits per heavy atom. The first-order valence-corrected chi connectivity index (χ1v) is 14.4. The summed E-state index contributed by atoms with van der Waals surface area (Å²) in [5.41, 5.74) is 7.90. The molecule has 1 aromatic heterocycles. The molecule has 9 rings (SSSR count). The van der Waals surface area contributed by atoms with E-state index >= 15 is 0 Å². The molecule has 0 atom stereocenters. The Bertz CT molecular complexity index is 2670. The minimum Gasteiger partial charge on any atom is -0.455 e. The highest BCUT2D eigenvalue weighted by Gasteiger charge is 2.18. The third-order valence-electron chi connectivity index (χ3n) is 8.57. The number of rotatable bonds is 3. The predicted octanol–water partition coefficient (Wildman–Crippen LogP) is 12.0. The van der Waals surface area contributed by atoms with Gasteiger partial charge < -0.3 is 4.42 Å². The summed E-state index contributed by atoms with van der Waals surface area (Å²) in [6.45, 7) is 0. The van der Waals surface area contributed by atoms with Gasteiger partial charge in [0.15, 0.2) is 0 Å². The second-order valence-electron chi connectivity index (χ2n) is 10.9. The van der Waals surface area contributed by atoms with E-state index in [-0.39, 0.29) is 24.2 Å². The molecule has 8 aromatic carbocycles. The van der Waals surface area contributed by atoms with Crippen molar-refractivity contribution in [1.29, 1.82) is 0 Å². The summed E-state index contributed by atoms with van der Waals surface area (Å²) in [4.78, 5) is 0. The molecule has 0 aliphatic carbocycles. The van der Waals surface area contributed by atoms with Crippen molar-refractivity contribution < 1.29 is 9.90 Å². The van der Waals surface area contributed by atoms with Gasteiger partial charge in [0.2, 0.25) is 0 Å². The van der Waals surface area contributed by atoms with Crippen LogP contribution < -0.4 is 0 Å². The fraction of sp³-hybridized carbons (Fsp3) is 0. The molecule has 1 nitrogen and oxygen atoms in total. The number of hydrogen-bond donors (Lipinski definition) is 0. The van der Waals surface area contributed by atoms with Crippen molar-refractivity contribution in [3.05, 3.63) is 158 Å². The molecular weight excluding hydrogens is 520 g/mol. The Labute approximate surface area is 254 Å². The molecule has 0 amide bonds. The number of benzene rings is 8. The molecule has 43 heavy (non-hydrogen) atoms. The zero-order valence-electron chi connectivity index (χ0n) is 27.1. The Balaban J connectivity index is 1.31. The predicted molar refractivity (Wildman–Crippen MR) is 183 cm³/mol. The van der Waals surface area contributed by atoms with Gasteiger partial charge >= 0.3 is 0 Å². The van der Waals surface area contributed by atoms with Crippen LogP contribution in [0.4, 0.5) is 0 Å². The number of hydrogen-bond acceptors (Lipinski definition) is 1. The average Bonchev–Trinajstić information content (AvgIpc) is 3.51. The molecule has 0 fully saturated rings. The van der Waals surface area contributed by atoms with E-state index < -0.39 is 0 Å². The van der Waals surface area contributed by atoms with Crippen molar-refractivity contribution in [2.45, 2.75) is 0 Å². The van der Waals surface area contributed by atoms with Gasteiger partial charge in [0.25, 0.3) is 0 Å². The van der Waals surface area contributed by atoms with Crippen LogP contribution in [0.1, 0.15) is 5.48 Å². The summed E-state index contributed by atoms with van der Waals surface area (Å²) in [5, 5.41) is 7.26. The summed E-state index contributed by atoms with van der Waals surface area (Å²) < 4.78 is 40.3. The van der Waals surface area contributed by atoms with E-state index in [2.05, 4.69) is 109 Å². The molecule has 0 bridgehead atoms. The van der Waals surface area contributed by atoms with Crippen molar-refractivity contribution in [2.24, 2.45) is 0 Å². The Morgan fingerprint density at radius 1 is 0.442 bits per heavy atom. The number of furan rings is 1. The molecule has 0 radical (unpaired) electrons. The van der Waals surface area contributed by atoms with E-state index in [1.807, 2.05) is 18.2 Å². The minimum absolute atomic E-state index is 0.0427. The average molecular weight is 551 g/mol. The van der Waals surface area contributed by atoms with Gasteiger partial charge in [0.05, 0.1) is 5.48 Å². The minimum atomic E-state index is -0.244. The van der Waals surface area contributed by atoms with Crippen molar-refractivity contribution in [3.8, 4) is 33.4 Å². The summed E-state index contributed by atoms with van der Waals surface area (Å²) >= 11 is 0. The normalized spacial score (nSPS) is 13.0. The van der Waals surface area contributed by atoms with Gasteiger partial charge in [-0.25, -0.2) is 0 Å². The Hall–Kier alpha value is -5.66. The third-order valence-corrected chi connectivity index (χ3v) is 8.57. The van der Waals surface area contributed by atoms with Gasteiger partial charge in [0.1, 0.15) is 11.2 Å². The van der Waals surface area contributed by atoms with Gasteiger partial charge in [-0.3, -0.25) is 0 Å². The van der Waals surface area contributed by atoms with Crippen LogP contribution in [0.3, 0.4) is 0 Å². The molecule has 0 saturated heterocycles. The molecule has 0 aliphatic heterocycles. The second kappa shape index (κ2) is 9.44. The summed E-state index contributed by atoms with van der Waals surface area (Å²) in [5.74, 6) is 0. The Kier molecular flexibility index (Phi) is 4.45. The van der Waals surface area contributed by atoms with E-state index in [1.165, 1.54) is 38.2 Å². The summed E-state index contributed by atoms with van der Waals surface area (Å²) in [6, 6.07) is 45.4. The second-order valence-corrected chi connectivity index (χ2v) is 10.9. The highest BCUT2D eigenvalue weighted by molar-refractivity contribution is 6.22. The van der Waals surface area contributed by atoms with Crippen LogP contribution in [-0.2, 0) is 0 Å². The standard InChI is InChI=1S/C42H26O/c1-2-13-28(14-3-1)39-33-18-6-8-20-35(33)40(36-21-9-7-19-34(36)39)30-16-10-15-29(26-30)32-22-11-23-37-41-31-17-5-4-12-27(31)24-25-38(41)43-42(32)37/h1-26H/i4D,5D,12D,17D. The van der Waals surface area contributed by atoms with Crippen molar-refractivity contribution in [3.63, 3.8) is 0 Å². The molecule has 0 aliphatic rings. The van der Waals surface area contributed by atoms with Crippen LogP contribution in [0.15, 0.2) is 162 Å². The molecule has 9 aromatic rings. The van der Waals surface area contributed by atoms with E-state index in [9.17, 15) is 0 Å². The van der Waals surface area contributed by atoms with Gasteiger partial charge in [0, 0.05) is 16.3 Å². The largest absolute Gasteiger partial charge is 0.455 e. The lowest BCUT2D eigenvalue weighted by molar-refractivity contribution is 0.670. The zero-order chi connectivity index (χ0) is 31.8. The fourth-order valence-electron chi connectivity index (χ4n) is 6.74. The lowest BCUT2D eigenvalue weighted by Gasteiger charge is -2.18. The van der Waals surface area contributed by atoms with Gasteiger partial charge in [-0.05, 0) is 72.3 Å². The van der Waals surface area contributed by atoms with Crippen LogP contribution in [0, 0.1) is 0 Å². The Morgan fingerprint density at radius 2 is 1.02 bits per heavy atom. The zero-order valence-corrected chi connectivity index (χ0v) is 23.1. The number of para-hydroxylation sites is 1. The highest BCUT2D eigenvalue weighted by Crippen LogP contribution is 2.45. The number of fused-ring (bicyclic) bond motifs is 7. The van der Waals surface area contributed by atoms with Gasteiger partial charge in [-0.1, -0.05) is 145 Å². The molecular formula is C42H26O. The third kappa shape index (κ3) is 3.65. The topological polar surface area (TPSA) is 13.1 Å². The lowest BCUT2D eigenvalue weighted by Crippen LogP contribution is -1.91. The first kappa shape index (κ1) is 20.3. The van der Waals surface area contributed by atoms with E-state index in [0.29, 0.717) is 27.3 Å². The SMILES string of the molecule is [2H]c1c([2H])c([2H])c2c(ccc3oc4c(-c5cccc(-c6c7ccccc7c(-c7ccccc7)c7ccccc67)c5)cccc4c32)c1[2H]. The highest BCUT2D eigenvalue weighted by atomic mass is 16.3. The molecule has 0 saturated carbocycles. The monoisotopic (exact) mass is 550 g/mol. The lowest BCUT2D eigenvalue weighted by atomic mass is 9.85. The first-order chi connectivity index (χ1) is 23.0. The van der Waals surface area contributed by atoms with Crippen LogP contribution in [0.5, 0.6) is 0 Å². The maximum atomic E-state index is 8.73. The maximum Gasteiger partial charge on any atom is 0.143 e. The van der Waals surface area contributed by atoms with E-state index in [0.717, 1.165) is 22.1 Å². The molecule has 0 N–H and O–H groups in total. The summed E-state index contributed by atoms with van der Waals surface area (Å²) in [7, 11) is 0. The van der Waals surface area contributed by atoms with Crippen molar-refractivity contribution in [2.75, 3.05) is 0 Å². The fourth-order valence-corrected chi connectivity index (χ4v) is 6.74. The van der Waals surface area contributed by atoms with Crippen LogP contribution in [0.2, 0.25) is 0 Å². The first-order valence-electron chi connectivity index (χ1n) is 16.4. The van der Waals surface area contributed by atoms with Gasteiger partial charge in [-0.2, -0.15) is 0 Å². The van der Waals surface area contributed by atoms with Crippen molar-refractivity contribution in [1.82, 2.24) is 0 Å². The van der Waals surface area contributed by atoms with E-state index in [1.54, 1.807) is 6.07 Å². The van der Waals surface area contributed by atoms with Crippen LogP contribution >= 0.6 is 0 Å². The molecule has 0 unspecified atom stereocenters. The summed E-state index contributed by atoms with van der Waals surface area (Å²) in [6.07, 6.45) is 0. The maximum absolute atomic E-state index is 8.73. The van der Waals surface area contributed by atoms with E-state index in [4.69, 9.17) is 9.90 Å². The van der Waals surface area contributed by atoms with Crippen molar-refractivity contribution >= 4 is 54.3 Å². The quantitative estimate of drug-likeness (QED) is 0.199. The molecule has 1 heteroatoms. The molecule has 200 valence electrons. The molecule has 0 spiro atoms. The van der Waals surface area contributed by atoms with Crippen LogP contribution in [-0.4, -0.2) is 0 Å². The van der Waals surface area contributed by atoms with Crippen LogP contribution in [0.25, 0.3) is 87.6 Å².